The molecule has 4 rings (SSSR count). The molecule has 0 aliphatic carbocycles. The molecule has 0 aliphatic heterocycles. The van der Waals surface area contributed by atoms with E-state index in [2.05, 4.69) is 15.8 Å². The average Bonchev–Trinajstić information content (AvgIpc) is 3.02. The zero-order chi connectivity index (χ0) is 31.0. The van der Waals surface area contributed by atoms with Gasteiger partial charge in [0.05, 0.1) is 30.5 Å². The molecule has 0 saturated carbocycles. The lowest BCUT2D eigenvalue weighted by molar-refractivity contribution is -0.119. The van der Waals surface area contributed by atoms with Gasteiger partial charge in [-0.15, -0.1) is 0 Å². The number of aryl methyl sites for hydroxylation is 1. The number of nitrogens with zero attached hydrogens (tertiary/aromatic N) is 2. The highest BCUT2D eigenvalue weighted by molar-refractivity contribution is 7.92. The maximum Gasteiger partial charge on any atom is 0.264 e. The number of anilines is 2. The molecule has 0 saturated heterocycles. The summed E-state index contributed by atoms with van der Waals surface area (Å²) in [6, 6.07) is 26.8. The SMILES string of the molecule is COc1ccc(OC)c(N(CC(=O)N/N=C(/C)c2cccc(NC(=O)c3ccccc3)c2)S(=O)(=O)c2ccc(C)cc2)c1. The summed E-state index contributed by atoms with van der Waals surface area (Å²) in [6.45, 7) is 2.94. The quantitative estimate of drug-likeness (QED) is 0.184. The largest absolute Gasteiger partial charge is 0.497 e. The first-order valence-corrected chi connectivity index (χ1v) is 14.7. The molecule has 0 heterocycles. The number of rotatable bonds is 11. The minimum Gasteiger partial charge on any atom is -0.497 e. The van der Waals surface area contributed by atoms with Gasteiger partial charge < -0.3 is 14.8 Å². The number of hydrogen-bond donors (Lipinski definition) is 2. The van der Waals surface area contributed by atoms with Crippen molar-refractivity contribution in [3.05, 3.63) is 114 Å². The van der Waals surface area contributed by atoms with Crippen LogP contribution >= 0.6 is 0 Å². The van der Waals surface area contributed by atoms with Gasteiger partial charge in [0.2, 0.25) is 0 Å². The minimum atomic E-state index is -4.21. The van der Waals surface area contributed by atoms with Crippen LogP contribution in [-0.2, 0) is 14.8 Å². The van der Waals surface area contributed by atoms with Crippen molar-refractivity contribution in [3.63, 3.8) is 0 Å². The van der Waals surface area contributed by atoms with E-state index in [0.29, 0.717) is 28.3 Å². The molecule has 0 fully saturated rings. The molecule has 0 radical (unpaired) electrons. The molecule has 2 amide bonds. The highest BCUT2D eigenvalue weighted by atomic mass is 32.2. The number of sulfonamides is 1. The maximum atomic E-state index is 13.8. The molecule has 0 bridgehead atoms. The van der Waals surface area contributed by atoms with E-state index in [-0.39, 0.29) is 22.2 Å². The number of hydrazone groups is 1. The zero-order valence-corrected chi connectivity index (χ0v) is 25.0. The summed E-state index contributed by atoms with van der Waals surface area (Å²) >= 11 is 0. The van der Waals surface area contributed by atoms with Gasteiger partial charge in [-0.1, -0.05) is 48.0 Å². The molecule has 2 N–H and O–H groups in total. The Morgan fingerprint density at radius 1 is 0.837 bits per heavy atom. The second-order valence-electron chi connectivity index (χ2n) is 9.50. The monoisotopic (exact) mass is 600 g/mol. The Hall–Kier alpha value is -5.16. The fraction of sp³-hybridized carbons (Fsp3) is 0.156. The third kappa shape index (κ3) is 7.57. The van der Waals surface area contributed by atoms with E-state index in [1.165, 1.54) is 32.4 Å². The van der Waals surface area contributed by atoms with E-state index >= 15 is 0 Å². The van der Waals surface area contributed by atoms with Crippen LogP contribution in [0, 0.1) is 6.92 Å². The lowest BCUT2D eigenvalue weighted by atomic mass is 10.1. The molecule has 4 aromatic rings. The standard InChI is InChI=1S/C32H32N4O6S/c1-22-13-16-28(17-14-22)43(39,40)36(29-20-27(41-3)15-18-30(29)42-4)21-31(37)35-34-23(2)25-11-8-12-26(19-25)33-32(38)24-9-6-5-7-10-24/h5-20H,21H2,1-4H3,(H,33,38)(H,35,37)/b34-23-. The molecule has 0 aromatic heterocycles. The van der Waals surface area contributed by atoms with Crippen LogP contribution in [0.5, 0.6) is 11.5 Å². The van der Waals surface area contributed by atoms with Gasteiger partial charge in [0.1, 0.15) is 18.0 Å². The number of methoxy groups -OCH3 is 2. The van der Waals surface area contributed by atoms with Crippen LogP contribution in [0.3, 0.4) is 0 Å². The van der Waals surface area contributed by atoms with Crippen LogP contribution in [0.2, 0.25) is 0 Å². The molecule has 11 heteroatoms. The first kappa shape index (κ1) is 30.8. The van der Waals surface area contributed by atoms with Crippen molar-refractivity contribution in [2.75, 3.05) is 30.4 Å². The highest BCUT2D eigenvalue weighted by Gasteiger charge is 2.30. The van der Waals surface area contributed by atoms with Gasteiger partial charge in [-0.25, -0.2) is 13.8 Å². The fourth-order valence-electron chi connectivity index (χ4n) is 4.12. The number of amides is 2. The Morgan fingerprint density at radius 3 is 2.21 bits per heavy atom. The first-order chi connectivity index (χ1) is 20.6. The summed E-state index contributed by atoms with van der Waals surface area (Å²) in [5.41, 5.74) is 5.61. The van der Waals surface area contributed by atoms with Crippen LogP contribution in [0.4, 0.5) is 11.4 Å². The molecule has 4 aromatic carbocycles. The van der Waals surface area contributed by atoms with Crippen molar-refractivity contribution in [1.82, 2.24) is 5.43 Å². The normalized spacial score (nSPS) is 11.4. The van der Waals surface area contributed by atoms with Gasteiger partial charge in [-0.2, -0.15) is 5.10 Å². The molecule has 10 nitrogen and oxygen atoms in total. The summed E-state index contributed by atoms with van der Waals surface area (Å²) < 4.78 is 39.3. The predicted molar refractivity (Wildman–Crippen MR) is 166 cm³/mol. The van der Waals surface area contributed by atoms with Crippen LogP contribution < -0.4 is 24.5 Å². The molecule has 43 heavy (non-hydrogen) atoms. The maximum absolute atomic E-state index is 13.8. The number of ether oxygens (including phenoxy) is 2. The van der Waals surface area contributed by atoms with E-state index < -0.39 is 22.5 Å². The van der Waals surface area contributed by atoms with Gasteiger partial charge in [0.15, 0.2) is 0 Å². The third-order valence-electron chi connectivity index (χ3n) is 6.47. The summed E-state index contributed by atoms with van der Waals surface area (Å²) in [7, 11) is -1.34. The van der Waals surface area contributed by atoms with Gasteiger partial charge >= 0.3 is 0 Å². The Bertz CT molecular complexity index is 1740. The van der Waals surface area contributed by atoms with E-state index in [0.717, 1.165) is 9.87 Å². The van der Waals surface area contributed by atoms with Gasteiger partial charge in [-0.05, 0) is 67.9 Å². The summed E-state index contributed by atoms with van der Waals surface area (Å²) in [6.07, 6.45) is 0. The highest BCUT2D eigenvalue weighted by Crippen LogP contribution is 2.35. The van der Waals surface area contributed by atoms with Crippen LogP contribution in [0.25, 0.3) is 0 Å². The molecule has 0 atom stereocenters. The van der Waals surface area contributed by atoms with Gasteiger partial charge in [-0.3, -0.25) is 13.9 Å². The number of carbonyl (C=O) groups is 2. The molecule has 222 valence electrons. The van der Waals surface area contributed by atoms with E-state index in [1.807, 2.05) is 13.0 Å². The number of carbonyl (C=O) groups excluding carboxylic acids is 2. The second-order valence-corrected chi connectivity index (χ2v) is 11.4. The first-order valence-electron chi connectivity index (χ1n) is 13.2. The van der Waals surface area contributed by atoms with Crippen LogP contribution in [0.1, 0.15) is 28.4 Å². The lowest BCUT2D eigenvalue weighted by Crippen LogP contribution is -2.40. The van der Waals surface area contributed by atoms with Crippen molar-refractivity contribution < 1.29 is 27.5 Å². The van der Waals surface area contributed by atoms with Gasteiger partial charge in [0.25, 0.3) is 21.8 Å². The van der Waals surface area contributed by atoms with E-state index in [4.69, 9.17) is 9.47 Å². The zero-order valence-electron chi connectivity index (χ0n) is 24.2. The van der Waals surface area contributed by atoms with Gasteiger partial charge in [0, 0.05) is 17.3 Å². The Kier molecular flexibility index (Phi) is 9.79. The van der Waals surface area contributed by atoms with Crippen LogP contribution in [-0.4, -0.2) is 46.7 Å². The van der Waals surface area contributed by atoms with Crippen molar-refractivity contribution >= 4 is 38.9 Å². The van der Waals surface area contributed by atoms with Crippen molar-refractivity contribution in [2.45, 2.75) is 18.7 Å². The molecule has 0 aliphatic rings. The second kappa shape index (κ2) is 13.7. The van der Waals surface area contributed by atoms with Crippen molar-refractivity contribution in [2.24, 2.45) is 5.10 Å². The Morgan fingerprint density at radius 2 is 1.53 bits per heavy atom. The fourth-order valence-corrected chi connectivity index (χ4v) is 5.54. The molecular weight excluding hydrogens is 568 g/mol. The molecular formula is C32H32N4O6S. The van der Waals surface area contributed by atoms with Crippen molar-refractivity contribution in [1.29, 1.82) is 0 Å². The number of benzene rings is 4. The lowest BCUT2D eigenvalue weighted by Gasteiger charge is -2.25. The third-order valence-corrected chi connectivity index (χ3v) is 8.25. The Balaban J connectivity index is 1.57. The summed E-state index contributed by atoms with van der Waals surface area (Å²) in [4.78, 5) is 25.7. The minimum absolute atomic E-state index is 0.00446. The molecule has 0 spiro atoms. The topological polar surface area (TPSA) is 126 Å². The average molecular weight is 601 g/mol. The molecule has 0 unspecified atom stereocenters. The summed E-state index contributed by atoms with van der Waals surface area (Å²) in [5.74, 6) is -0.330. The smallest absolute Gasteiger partial charge is 0.264 e. The van der Waals surface area contributed by atoms with E-state index in [1.54, 1.807) is 79.7 Å². The van der Waals surface area contributed by atoms with Crippen LogP contribution in [0.15, 0.2) is 107 Å². The Labute approximate surface area is 251 Å². The van der Waals surface area contributed by atoms with Crippen molar-refractivity contribution in [3.8, 4) is 11.5 Å². The number of hydrogen-bond acceptors (Lipinski definition) is 7. The van der Waals surface area contributed by atoms with E-state index in [9.17, 15) is 18.0 Å². The number of nitrogens with one attached hydrogen (secondary N) is 2. The predicted octanol–water partition coefficient (Wildman–Crippen LogP) is 5.00. The summed E-state index contributed by atoms with van der Waals surface area (Å²) in [5, 5.41) is 7.03.